The molecular weight excluding hydrogens is 1690 g/mol. The molecule has 8 saturated carbocycles. The van der Waals surface area contributed by atoms with Crippen molar-refractivity contribution in [1.82, 2.24) is 0 Å². The summed E-state index contributed by atoms with van der Waals surface area (Å²) in [6.45, 7) is 41.6. The molecule has 0 heterocycles. The highest BCUT2D eigenvalue weighted by atomic mass is 19.4. The van der Waals surface area contributed by atoms with Gasteiger partial charge in [0.25, 0.3) is 0 Å². The summed E-state index contributed by atoms with van der Waals surface area (Å²) in [5.74, 6) is -5.84. The van der Waals surface area contributed by atoms with Gasteiger partial charge in [0.05, 0.1) is 0 Å². The molecule has 14 atom stereocenters. The van der Waals surface area contributed by atoms with Crippen LogP contribution in [-0.4, -0.2) is 173 Å². The topological polar surface area (TPSA) is 279 Å². The van der Waals surface area contributed by atoms with Crippen molar-refractivity contribution in [2.24, 2.45) is 70.5 Å². The number of carbonyl (C=O) groups excluding carboxylic acids is 6. The Labute approximate surface area is 716 Å². The Morgan fingerprint density at radius 2 is 0.653 bits per heavy atom. The smallest absolute Gasteiger partial charge is 0.420 e. The summed E-state index contributed by atoms with van der Waals surface area (Å²) in [5, 5.41) is 59.6. The van der Waals surface area contributed by atoms with Gasteiger partial charge in [0.1, 0.15) is 30.5 Å². The summed E-state index contributed by atoms with van der Waals surface area (Å²) in [6, 6.07) is 0. The minimum absolute atomic E-state index is 0.0123. The molecule has 6 N–H and O–H groups in total. The van der Waals surface area contributed by atoms with E-state index in [1.165, 1.54) is 69.2 Å². The van der Waals surface area contributed by atoms with Crippen molar-refractivity contribution in [3.63, 3.8) is 0 Å². The molecule has 0 spiro atoms. The number of ether oxygens (including phenoxy) is 6. The van der Waals surface area contributed by atoms with Crippen molar-refractivity contribution in [2.75, 3.05) is 0 Å². The average molecular weight is 1820 g/mol. The lowest BCUT2D eigenvalue weighted by Crippen LogP contribution is -2.68. The number of fused-ring (bicyclic) bond motifs is 2. The molecule has 14 unspecified atom stereocenters. The van der Waals surface area contributed by atoms with E-state index in [1.54, 1.807) is 13.8 Å². The summed E-state index contributed by atoms with van der Waals surface area (Å²) in [7, 11) is 0. The highest BCUT2D eigenvalue weighted by Crippen LogP contribution is 2.64. The Kier molecular flexibility index (Phi) is 39.9. The molecule has 0 amide bonds. The number of hydrogen-bond acceptors (Lipinski definition) is 18. The SMILES string of the molecule is C=C(C)C(=O)OC(C(C)C)(C(C)C)C(C)(O)C(F)(F)F.C=C(C)C(=O)OC(C12CC3CC(CC(C3)C1)C2)C(C)(O)C(F)(F)F.C=C(C)C(=O)OC(C1CC2CCC1C2)C(C)(O)C(F)(F)F.C=C(C)C(=O)OC(CC(C)C)C(C)(O)C(F)(F)F.C=C(C)C(=O)OC(CC1CCCC1)C(C)(O)C(F)(F)F.C=C(C)C(=O)OC(CC1CCCCC1)C(C)(O)C(F)(F)F. The van der Waals surface area contributed by atoms with Crippen LogP contribution in [0.4, 0.5) is 79.0 Å². The van der Waals surface area contributed by atoms with Crippen LogP contribution in [0.15, 0.2) is 72.9 Å². The first kappa shape index (κ1) is 114. The lowest BCUT2D eigenvalue weighted by molar-refractivity contribution is -0.331. The van der Waals surface area contributed by atoms with Crippen molar-refractivity contribution < 1.29 is 167 Å². The molecule has 6 bridgehead atoms. The molecular formula is C88H132F18O18. The van der Waals surface area contributed by atoms with E-state index in [1.807, 2.05) is 0 Å². The summed E-state index contributed by atoms with van der Waals surface area (Å²) in [6.07, 6.45) is -21.0. The Bertz CT molecular complexity index is 3590. The molecule has 0 saturated heterocycles. The summed E-state index contributed by atoms with van der Waals surface area (Å²) < 4.78 is 266. The van der Waals surface area contributed by atoms with Crippen LogP contribution in [0.2, 0.25) is 0 Å². The molecule has 0 aromatic carbocycles. The maximum atomic E-state index is 13.6. The van der Waals surface area contributed by atoms with Gasteiger partial charge in [-0.3, -0.25) is 0 Å². The zero-order chi connectivity index (χ0) is 97.0. The minimum atomic E-state index is -4.93. The number of rotatable bonds is 28. The zero-order valence-electron chi connectivity index (χ0n) is 74.4. The maximum Gasteiger partial charge on any atom is 0.420 e. The molecule has 18 nitrogen and oxygen atoms in total. The average Bonchev–Trinajstić information content (AvgIpc) is 0.882. The van der Waals surface area contributed by atoms with Gasteiger partial charge in [-0.05, 0) is 219 Å². The van der Waals surface area contributed by atoms with Crippen LogP contribution in [0.3, 0.4) is 0 Å². The fourth-order valence-corrected chi connectivity index (χ4v) is 18.1. The van der Waals surface area contributed by atoms with Crippen LogP contribution in [0.5, 0.6) is 0 Å². The molecule has 36 heteroatoms. The second kappa shape index (κ2) is 43.5. The largest absolute Gasteiger partial charge is 0.456 e. The predicted octanol–water partition coefficient (Wildman–Crippen LogP) is 20.7. The quantitative estimate of drug-likeness (QED) is 0.0184. The molecule has 718 valence electrons. The minimum Gasteiger partial charge on any atom is -0.456 e. The highest BCUT2D eigenvalue weighted by Gasteiger charge is 2.70. The first-order valence-corrected chi connectivity index (χ1v) is 41.7. The summed E-state index contributed by atoms with van der Waals surface area (Å²) >= 11 is 0. The van der Waals surface area contributed by atoms with Crippen LogP contribution in [0.25, 0.3) is 0 Å². The highest BCUT2D eigenvalue weighted by molar-refractivity contribution is 5.89. The second-order valence-corrected chi connectivity index (χ2v) is 37.6. The lowest BCUT2D eigenvalue weighted by atomic mass is 9.47. The molecule has 0 aromatic heterocycles. The third kappa shape index (κ3) is 29.1. The van der Waals surface area contributed by atoms with E-state index >= 15 is 0 Å². The van der Waals surface area contributed by atoms with Crippen molar-refractivity contribution in [3.8, 4) is 0 Å². The number of halogens is 18. The Balaban J connectivity index is 0.000000505. The number of aliphatic hydroxyl groups is 6. The van der Waals surface area contributed by atoms with E-state index in [9.17, 15) is 138 Å². The second-order valence-electron chi connectivity index (χ2n) is 37.6. The van der Waals surface area contributed by atoms with Gasteiger partial charge in [0.15, 0.2) is 39.2 Å². The van der Waals surface area contributed by atoms with Crippen molar-refractivity contribution in [2.45, 2.75) is 373 Å². The van der Waals surface area contributed by atoms with Crippen LogP contribution >= 0.6 is 0 Å². The van der Waals surface area contributed by atoms with Crippen LogP contribution in [-0.2, 0) is 57.2 Å². The molecule has 8 aliphatic rings. The van der Waals surface area contributed by atoms with Crippen molar-refractivity contribution >= 4 is 35.8 Å². The third-order valence-electron chi connectivity index (χ3n) is 25.2. The van der Waals surface area contributed by atoms with E-state index in [0.717, 1.165) is 103 Å². The molecule has 8 aliphatic carbocycles. The first-order chi connectivity index (χ1) is 55.7. The third-order valence-corrected chi connectivity index (χ3v) is 25.2. The van der Waals surface area contributed by atoms with E-state index in [0.29, 0.717) is 84.0 Å². The normalized spacial score (nSPS) is 25.1. The Morgan fingerprint density at radius 3 is 0.927 bits per heavy atom. The molecule has 0 radical (unpaired) electrons. The molecule has 124 heavy (non-hydrogen) atoms. The first-order valence-electron chi connectivity index (χ1n) is 41.7. The number of carbonyl (C=O) groups is 6. The van der Waals surface area contributed by atoms with Gasteiger partial charge in [0.2, 0.25) is 0 Å². The van der Waals surface area contributed by atoms with Crippen LogP contribution < -0.4 is 0 Å². The molecule has 8 fully saturated rings. The van der Waals surface area contributed by atoms with Gasteiger partial charge in [0, 0.05) is 44.8 Å². The van der Waals surface area contributed by atoms with Gasteiger partial charge < -0.3 is 59.1 Å². The Morgan fingerprint density at radius 1 is 0.355 bits per heavy atom. The van der Waals surface area contributed by atoms with Crippen LogP contribution in [0.1, 0.15) is 266 Å². The molecule has 0 aromatic rings. The van der Waals surface area contributed by atoms with Gasteiger partial charge in [-0.25, -0.2) is 28.8 Å². The van der Waals surface area contributed by atoms with Crippen LogP contribution in [0, 0.1) is 70.5 Å². The van der Waals surface area contributed by atoms with Gasteiger partial charge in [-0.1, -0.05) is 145 Å². The maximum absolute atomic E-state index is 13.6. The fraction of sp³-hybridized carbons (Fsp3) is 0.795. The number of hydrogen-bond donors (Lipinski definition) is 6. The van der Waals surface area contributed by atoms with Crippen molar-refractivity contribution in [3.05, 3.63) is 72.9 Å². The van der Waals surface area contributed by atoms with Gasteiger partial charge in [-0.2, -0.15) is 79.0 Å². The zero-order valence-corrected chi connectivity index (χ0v) is 74.4. The summed E-state index contributed by atoms with van der Waals surface area (Å²) in [5.41, 5.74) is -21.3. The predicted molar refractivity (Wildman–Crippen MR) is 424 cm³/mol. The lowest BCUT2D eigenvalue weighted by Gasteiger charge is -2.60. The molecule has 8 rings (SSSR count). The molecule has 0 aliphatic heterocycles. The van der Waals surface area contributed by atoms with Gasteiger partial charge in [-0.15, -0.1) is 0 Å². The number of esters is 6. The van der Waals surface area contributed by atoms with E-state index in [-0.39, 0.29) is 76.4 Å². The standard InChI is InChI=1S/C18H25F3O3.C15H21F3O3.C15H23F3O3.C14H21F3O3.C14H23F3O3.C12H19F3O3/c1-10(2)14(22)24-15(16(3,23)18(19,20)21)17-7-11-4-12(8-17)6-13(5-11)9-17;1-8(2)13(19)21-12(14(3,20)15(16,17)18)11-7-9-4-5-10(11)6-9;1-10(2)13(19)21-12(14(3,20)15(16,17)18)9-11-7-5-4-6-8-11;1-9(2)12(18)20-11(8-10-6-4-5-7-10)13(3,19)14(15,16)17;1-8(2)11(18)20-13(9(3)4,10(5)6)12(7,19)14(15,16)17;1-7(2)6-9(18-10(16)8(3)4)11(5,17)12(13,14)15/h11-13,15,23H,1,4-9H2,2-3H3;9-12,20H,1,4-7H2,2-3H3;11-12,20H,1,4-9H2,2-3H3;10-11,19H,1,4-8H2,2-3H3;9-10,19H,1H2,2-7H3;7,9,17H,3,6H2,1-2,4-5H3. The summed E-state index contributed by atoms with van der Waals surface area (Å²) in [4.78, 5) is 69.8. The monoisotopic (exact) mass is 1820 g/mol. The van der Waals surface area contributed by atoms with Gasteiger partial charge >= 0.3 is 72.9 Å². The number of alkyl halides is 18. The van der Waals surface area contributed by atoms with E-state index < -0.39 is 166 Å². The van der Waals surface area contributed by atoms with Crippen molar-refractivity contribution in [1.29, 1.82) is 0 Å². The Hall–Kier alpha value is -6.24. The van der Waals surface area contributed by atoms with E-state index in [4.69, 9.17) is 28.4 Å². The van der Waals surface area contributed by atoms with E-state index in [2.05, 4.69) is 39.5 Å². The fourth-order valence-electron chi connectivity index (χ4n) is 18.1.